The zero-order chi connectivity index (χ0) is 17.2. The molecule has 0 aliphatic carbocycles. The Morgan fingerprint density at radius 1 is 1.24 bits per heavy atom. The van der Waals surface area contributed by atoms with Crippen molar-refractivity contribution >= 4 is 11.3 Å². The second-order valence-electron chi connectivity index (χ2n) is 6.76. The average molecular weight is 354 g/mol. The van der Waals surface area contributed by atoms with Gasteiger partial charge in [0.1, 0.15) is 12.0 Å². The Labute approximate surface area is 151 Å². The lowest BCUT2D eigenvalue weighted by Crippen LogP contribution is -2.20. The SMILES string of the molecule is Cc1cnc(-c2cc(C[C@@H]3CCN(Cc4scnc4C)C3)ncn2)[nH]1. The predicted octanol–water partition coefficient (Wildman–Crippen LogP) is 3.00. The third-order valence-electron chi connectivity index (χ3n) is 4.75. The van der Waals surface area contributed by atoms with Crippen LogP contribution in [0.25, 0.3) is 11.5 Å². The van der Waals surface area contributed by atoms with E-state index in [0.717, 1.165) is 49.0 Å². The van der Waals surface area contributed by atoms with Gasteiger partial charge in [-0.3, -0.25) is 4.90 Å². The van der Waals surface area contributed by atoms with E-state index in [1.54, 1.807) is 17.7 Å². The third-order valence-corrected chi connectivity index (χ3v) is 5.67. The molecule has 0 saturated carbocycles. The van der Waals surface area contributed by atoms with Crippen LogP contribution in [0.1, 0.15) is 28.4 Å². The minimum atomic E-state index is 0.648. The number of hydrogen-bond donors (Lipinski definition) is 1. The number of likely N-dealkylation sites (tertiary alicyclic amines) is 1. The molecule has 0 bridgehead atoms. The summed E-state index contributed by atoms with van der Waals surface area (Å²) in [6.45, 7) is 7.39. The third kappa shape index (κ3) is 3.77. The maximum Gasteiger partial charge on any atom is 0.156 e. The normalized spacial score (nSPS) is 18.1. The largest absolute Gasteiger partial charge is 0.341 e. The van der Waals surface area contributed by atoms with Crippen molar-refractivity contribution in [3.05, 3.63) is 46.1 Å². The van der Waals surface area contributed by atoms with E-state index < -0.39 is 0 Å². The van der Waals surface area contributed by atoms with Gasteiger partial charge in [-0.2, -0.15) is 0 Å². The first-order valence-corrected chi connectivity index (χ1v) is 9.49. The molecule has 7 heteroatoms. The fourth-order valence-corrected chi connectivity index (χ4v) is 4.20. The van der Waals surface area contributed by atoms with E-state index >= 15 is 0 Å². The number of aryl methyl sites for hydroxylation is 2. The van der Waals surface area contributed by atoms with Gasteiger partial charge in [-0.25, -0.2) is 19.9 Å². The molecule has 3 aromatic rings. The number of imidazole rings is 1. The lowest BCUT2D eigenvalue weighted by Gasteiger charge is -2.15. The van der Waals surface area contributed by atoms with E-state index in [1.807, 2.05) is 18.6 Å². The number of nitrogens with one attached hydrogen (secondary N) is 1. The molecule has 4 rings (SSSR count). The van der Waals surface area contributed by atoms with Crippen molar-refractivity contribution < 1.29 is 0 Å². The Hall–Kier alpha value is -2.12. The number of rotatable bonds is 5. The smallest absolute Gasteiger partial charge is 0.156 e. The van der Waals surface area contributed by atoms with Gasteiger partial charge in [-0.1, -0.05) is 0 Å². The van der Waals surface area contributed by atoms with Crippen LogP contribution in [-0.4, -0.2) is 42.9 Å². The van der Waals surface area contributed by atoms with Crippen LogP contribution in [0.15, 0.2) is 24.1 Å². The molecule has 130 valence electrons. The quantitative estimate of drug-likeness (QED) is 0.763. The summed E-state index contributed by atoms with van der Waals surface area (Å²) in [7, 11) is 0. The molecule has 0 amide bonds. The van der Waals surface area contributed by atoms with Crippen LogP contribution in [0.3, 0.4) is 0 Å². The van der Waals surface area contributed by atoms with E-state index in [0.29, 0.717) is 5.92 Å². The first kappa shape index (κ1) is 16.4. The van der Waals surface area contributed by atoms with Crippen molar-refractivity contribution in [2.75, 3.05) is 13.1 Å². The molecule has 3 aromatic heterocycles. The van der Waals surface area contributed by atoms with Crippen molar-refractivity contribution in [1.82, 2.24) is 29.8 Å². The molecule has 0 spiro atoms. The van der Waals surface area contributed by atoms with Crippen LogP contribution in [0, 0.1) is 19.8 Å². The molecule has 0 radical (unpaired) electrons. The molecule has 1 fully saturated rings. The Morgan fingerprint density at radius 3 is 2.92 bits per heavy atom. The van der Waals surface area contributed by atoms with Gasteiger partial charge < -0.3 is 4.98 Å². The first-order chi connectivity index (χ1) is 12.2. The lowest BCUT2D eigenvalue weighted by atomic mass is 10.0. The predicted molar refractivity (Wildman–Crippen MR) is 98.3 cm³/mol. The van der Waals surface area contributed by atoms with Crippen LogP contribution < -0.4 is 0 Å². The van der Waals surface area contributed by atoms with Crippen molar-refractivity contribution in [3.8, 4) is 11.5 Å². The summed E-state index contributed by atoms with van der Waals surface area (Å²) in [4.78, 5) is 24.7. The van der Waals surface area contributed by atoms with Crippen LogP contribution in [0.5, 0.6) is 0 Å². The summed E-state index contributed by atoms with van der Waals surface area (Å²) >= 11 is 1.76. The maximum atomic E-state index is 4.47. The van der Waals surface area contributed by atoms with Crippen LogP contribution in [-0.2, 0) is 13.0 Å². The first-order valence-electron chi connectivity index (χ1n) is 8.61. The molecular formula is C18H22N6S. The van der Waals surface area contributed by atoms with Gasteiger partial charge in [-0.15, -0.1) is 11.3 Å². The highest BCUT2D eigenvalue weighted by Crippen LogP contribution is 2.24. The van der Waals surface area contributed by atoms with Gasteiger partial charge in [0.05, 0.1) is 11.2 Å². The topological polar surface area (TPSA) is 70.6 Å². The number of hydrogen-bond acceptors (Lipinski definition) is 6. The van der Waals surface area contributed by atoms with Gasteiger partial charge in [0, 0.05) is 35.6 Å². The zero-order valence-corrected chi connectivity index (χ0v) is 15.4. The van der Waals surface area contributed by atoms with Gasteiger partial charge in [-0.05, 0) is 45.2 Å². The van der Waals surface area contributed by atoms with Gasteiger partial charge >= 0.3 is 0 Å². The Balaban J connectivity index is 1.39. The average Bonchev–Trinajstić information content (AvgIpc) is 3.32. The van der Waals surface area contributed by atoms with Crippen molar-refractivity contribution in [2.45, 2.75) is 33.2 Å². The van der Waals surface area contributed by atoms with E-state index in [-0.39, 0.29) is 0 Å². The molecule has 1 aliphatic heterocycles. The second kappa shape index (κ2) is 7.01. The molecular weight excluding hydrogens is 332 g/mol. The molecule has 1 aliphatic rings. The molecule has 1 N–H and O–H groups in total. The standard InChI is InChI=1S/C18H22N6S/c1-12-7-19-18(23-12)16-6-15(20-10-21-16)5-14-3-4-24(8-14)9-17-13(2)22-11-25-17/h6-7,10-11,14H,3-5,8-9H2,1-2H3,(H,19,23)/t14-/m0/s1. The van der Waals surface area contributed by atoms with E-state index in [2.05, 4.69) is 42.8 Å². The molecule has 0 unspecified atom stereocenters. The lowest BCUT2D eigenvalue weighted by molar-refractivity contribution is 0.318. The Kier molecular flexibility index (Phi) is 4.59. The molecule has 0 aromatic carbocycles. The maximum absolute atomic E-state index is 4.47. The van der Waals surface area contributed by atoms with Crippen LogP contribution >= 0.6 is 11.3 Å². The Bertz CT molecular complexity index is 855. The van der Waals surface area contributed by atoms with Crippen LogP contribution in [0.2, 0.25) is 0 Å². The molecule has 1 saturated heterocycles. The van der Waals surface area contributed by atoms with E-state index in [1.165, 1.54) is 17.0 Å². The van der Waals surface area contributed by atoms with Gasteiger partial charge in [0.15, 0.2) is 5.82 Å². The van der Waals surface area contributed by atoms with E-state index in [4.69, 9.17) is 0 Å². The molecule has 1 atom stereocenters. The highest BCUT2D eigenvalue weighted by molar-refractivity contribution is 7.09. The summed E-state index contributed by atoms with van der Waals surface area (Å²) in [5.74, 6) is 1.46. The van der Waals surface area contributed by atoms with Crippen LogP contribution in [0.4, 0.5) is 0 Å². The fourth-order valence-electron chi connectivity index (χ4n) is 3.38. The summed E-state index contributed by atoms with van der Waals surface area (Å²) in [5.41, 5.74) is 6.12. The van der Waals surface area contributed by atoms with Crippen molar-refractivity contribution in [2.24, 2.45) is 5.92 Å². The number of aromatic nitrogens is 5. The molecule has 6 nitrogen and oxygen atoms in total. The monoisotopic (exact) mass is 354 g/mol. The number of nitrogens with zero attached hydrogens (tertiary/aromatic N) is 5. The van der Waals surface area contributed by atoms with Gasteiger partial charge in [0.25, 0.3) is 0 Å². The van der Waals surface area contributed by atoms with E-state index in [9.17, 15) is 0 Å². The van der Waals surface area contributed by atoms with Crippen molar-refractivity contribution in [3.63, 3.8) is 0 Å². The summed E-state index contributed by atoms with van der Waals surface area (Å²) < 4.78 is 0. The highest BCUT2D eigenvalue weighted by atomic mass is 32.1. The number of H-pyrrole nitrogens is 1. The molecule has 25 heavy (non-hydrogen) atoms. The number of thiazole rings is 1. The number of aromatic amines is 1. The highest BCUT2D eigenvalue weighted by Gasteiger charge is 2.24. The minimum Gasteiger partial charge on any atom is -0.341 e. The summed E-state index contributed by atoms with van der Waals surface area (Å²) in [6, 6.07) is 2.06. The fraction of sp³-hybridized carbons (Fsp3) is 0.444. The second-order valence-corrected chi connectivity index (χ2v) is 7.70. The Morgan fingerprint density at radius 2 is 2.16 bits per heavy atom. The molecule has 4 heterocycles. The summed E-state index contributed by atoms with van der Waals surface area (Å²) in [5, 5.41) is 0. The zero-order valence-electron chi connectivity index (χ0n) is 14.6. The summed E-state index contributed by atoms with van der Waals surface area (Å²) in [6.07, 6.45) is 5.69. The minimum absolute atomic E-state index is 0.648. The van der Waals surface area contributed by atoms with Crippen molar-refractivity contribution in [1.29, 1.82) is 0 Å². The van der Waals surface area contributed by atoms with Gasteiger partial charge in [0.2, 0.25) is 0 Å².